The van der Waals surface area contributed by atoms with Crippen LogP contribution in [-0.2, 0) is 0 Å². The molecule has 1 N–H and O–H groups in total. The number of carbonyl (C=O) groups excluding carboxylic acids is 1. The number of nitrogens with one attached hydrogen (secondary N) is 1. The molecule has 1 amide bonds. The number of aromatic nitrogens is 1. The largest absolute Gasteiger partial charge is 0.401 e. The number of anilines is 1. The molecule has 5 nitrogen and oxygen atoms in total. The van der Waals surface area contributed by atoms with Crippen LogP contribution in [0.1, 0.15) is 10.4 Å². The zero-order valence-corrected chi connectivity index (χ0v) is 11.7. The van der Waals surface area contributed by atoms with E-state index < -0.39 is 12.7 Å². The molecule has 1 fully saturated rings. The van der Waals surface area contributed by atoms with Gasteiger partial charge in [-0.2, -0.15) is 13.2 Å². The molecule has 21 heavy (non-hydrogen) atoms. The van der Waals surface area contributed by atoms with Gasteiger partial charge in [0.05, 0.1) is 12.1 Å². The third kappa shape index (κ3) is 4.07. The highest BCUT2D eigenvalue weighted by molar-refractivity contribution is 5.98. The smallest absolute Gasteiger partial charge is 0.372 e. The number of carbonyl (C=O) groups is 1. The van der Waals surface area contributed by atoms with Gasteiger partial charge in [-0.15, -0.1) is 0 Å². The monoisotopic (exact) mass is 302 g/mol. The van der Waals surface area contributed by atoms with Crippen LogP contribution >= 0.6 is 0 Å². The first-order valence-electron chi connectivity index (χ1n) is 6.62. The first-order chi connectivity index (χ1) is 9.90. The number of hydrogen-bond donors (Lipinski definition) is 1. The predicted molar refractivity (Wildman–Crippen MR) is 72.2 cm³/mol. The lowest BCUT2D eigenvalue weighted by molar-refractivity contribution is -0.148. The molecule has 0 aliphatic carbocycles. The van der Waals surface area contributed by atoms with E-state index >= 15 is 0 Å². The Kier molecular flexibility index (Phi) is 4.66. The van der Waals surface area contributed by atoms with Crippen molar-refractivity contribution in [2.75, 3.05) is 45.1 Å². The van der Waals surface area contributed by atoms with Crippen molar-refractivity contribution < 1.29 is 18.0 Å². The van der Waals surface area contributed by atoms with Crippen molar-refractivity contribution in [1.82, 2.24) is 14.8 Å². The van der Waals surface area contributed by atoms with E-state index in [-0.39, 0.29) is 32.1 Å². The maximum atomic E-state index is 12.4. The average Bonchev–Trinajstić information content (AvgIpc) is 2.45. The fourth-order valence-corrected chi connectivity index (χ4v) is 2.31. The number of rotatable bonds is 3. The molecule has 0 bridgehead atoms. The van der Waals surface area contributed by atoms with Crippen molar-refractivity contribution in [1.29, 1.82) is 0 Å². The number of piperazine rings is 1. The van der Waals surface area contributed by atoms with E-state index in [4.69, 9.17) is 0 Å². The summed E-state index contributed by atoms with van der Waals surface area (Å²) in [5, 5.41) is 2.84. The number of nitrogens with zero attached hydrogens (tertiary/aromatic N) is 3. The van der Waals surface area contributed by atoms with E-state index in [1.807, 2.05) is 0 Å². The SMILES string of the molecule is CNc1ncccc1C(=O)N1CCN(CC(F)(F)F)CC1. The number of halogens is 3. The van der Waals surface area contributed by atoms with Gasteiger partial charge in [0, 0.05) is 39.4 Å². The van der Waals surface area contributed by atoms with Gasteiger partial charge in [0.25, 0.3) is 5.91 Å². The van der Waals surface area contributed by atoms with Gasteiger partial charge in [-0.25, -0.2) is 4.98 Å². The lowest BCUT2D eigenvalue weighted by Crippen LogP contribution is -2.51. The Morgan fingerprint density at radius 3 is 2.57 bits per heavy atom. The minimum absolute atomic E-state index is 0.209. The van der Waals surface area contributed by atoms with Gasteiger partial charge in [-0.05, 0) is 12.1 Å². The maximum Gasteiger partial charge on any atom is 0.401 e. The molecule has 0 saturated carbocycles. The standard InChI is InChI=1S/C13H17F3N4O/c1-17-11-10(3-2-4-18-11)12(21)20-7-5-19(6-8-20)9-13(14,15)16/h2-4H,5-9H2,1H3,(H,17,18). The summed E-state index contributed by atoms with van der Waals surface area (Å²) >= 11 is 0. The minimum Gasteiger partial charge on any atom is -0.372 e. The fourth-order valence-electron chi connectivity index (χ4n) is 2.31. The lowest BCUT2D eigenvalue weighted by atomic mass is 10.2. The zero-order chi connectivity index (χ0) is 15.5. The molecule has 1 aliphatic rings. The fraction of sp³-hybridized carbons (Fsp3) is 0.538. The number of amides is 1. The highest BCUT2D eigenvalue weighted by Gasteiger charge is 2.33. The molecule has 0 atom stereocenters. The summed E-state index contributed by atoms with van der Waals surface area (Å²) in [6, 6.07) is 3.32. The highest BCUT2D eigenvalue weighted by atomic mass is 19.4. The predicted octanol–water partition coefficient (Wildman–Crippen LogP) is 1.44. The Labute approximate surface area is 120 Å². The van der Waals surface area contributed by atoms with Crippen LogP contribution in [0.25, 0.3) is 0 Å². The van der Waals surface area contributed by atoms with Crippen molar-refractivity contribution in [2.45, 2.75) is 6.18 Å². The van der Waals surface area contributed by atoms with Crippen molar-refractivity contribution in [3.05, 3.63) is 23.9 Å². The Morgan fingerprint density at radius 1 is 1.33 bits per heavy atom. The highest BCUT2D eigenvalue weighted by Crippen LogP contribution is 2.19. The summed E-state index contributed by atoms with van der Waals surface area (Å²) < 4.78 is 37.0. The van der Waals surface area contributed by atoms with Gasteiger partial charge in [-0.1, -0.05) is 0 Å². The van der Waals surface area contributed by atoms with Gasteiger partial charge in [-0.3, -0.25) is 9.69 Å². The Morgan fingerprint density at radius 2 is 2.00 bits per heavy atom. The molecule has 116 valence electrons. The summed E-state index contributed by atoms with van der Waals surface area (Å²) in [6.07, 6.45) is -2.63. The van der Waals surface area contributed by atoms with Crippen molar-refractivity contribution in [2.24, 2.45) is 0 Å². The Balaban J connectivity index is 1.97. The van der Waals surface area contributed by atoms with Crippen LogP contribution in [0.5, 0.6) is 0 Å². The second-order valence-corrected chi connectivity index (χ2v) is 4.83. The van der Waals surface area contributed by atoms with Crippen molar-refractivity contribution >= 4 is 11.7 Å². The normalized spacial score (nSPS) is 16.9. The molecule has 1 aromatic rings. The molecule has 0 aromatic carbocycles. The molecule has 0 spiro atoms. The summed E-state index contributed by atoms with van der Waals surface area (Å²) in [5.74, 6) is 0.263. The first-order valence-corrected chi connectivity index (χ1v) is 6.62. The van der Waals surface area contributed by atoms with E-state index in [0.717, 1.165) is 0 Å². The molecule has 2 rings (SSSR count). The molecule has 1 saturated heterocycles. The summed E-state index contributed by atoms with van der Waals surface area (Å²) in [6.45, 7) is 0.0877. The average molecular weight is 302 g/mol. The van der Waals surface area contributed by atoms with Crippen LogP contribution in [-0.4, -0.2) is 66.6 Å². The third-order valence-electron chi connectivity index (χ3n) is 3.34. The van der Waals surface area contributed by atoms with E-state index in [0.29, 0.717) is 11.4 Å². The third-order valence-corrected chi connectivity index (χ3v) is 3.34. The minimum atomic E-state index is -4.20. The van der Waals surface area contributed by atoms with E-state index in [9.17, 15) is 18.0 Å². The molecule has 8 heteroatoms. The number of hydrogen-bond acceptors (Lipinski definition) is 4. The zero-order valence-electron chi connectivity index (χ0n) is 11.7. The summed E-state index contributed by atoms with van der Waals surface area (Å²) in [7, 11) is 1.67. The van der Waals surface area contributed by atoms with Gasteiger partial charge in [0.1, 0.15) is 5.82 Å². The maximum absolute atomic E-state index is 12.4. The van der Waals surface area contributed by atoms with Gasteiger partial charge >= 0.3 is 6.18 Å². The number of alkyl halides is 3. The van der Waals surface area contributed by atoms with E-state index in [1.165, 1.54) is 4.90 Å². The molecular weight excluding hydrogens is 285 g/mol. The van der Waals surface area contributed by atoms with Crippen molar-refractivity contribution in [3.63, 3.8) is 0 Å². The topological polar surface area (TPSA) is 48.5 Å². The quantitative estimate of drug-likeness (QED) is 0.918. The van der Waals surface area contributed by atoms with Gasteiger partial charge in [0.2, 0.25) is 0 Å². The molecule has 0 radical (unpaired) electrons. The molecule has 1 aromatic heterocycles. The van der Waals surface area contributed by atoms with Crippen LogP contribution in [0.3, 0.4) is 0 Å². The van der Waals surface area contributed by atoms with E-state index in [2.05, 4.69) is 10.3 Å². The summed E-state index contributed by atoms with van der Waals surface area (Å²) in [5.41, 5.74) is 0.435. The van der Waals surface area contributed by atoms with Gasteiger partial charge in [0.15, 0.2) is 0 Å². The molecular formula is C13H17F3N4O. The van der Waals surface area contributed by atoms with Crippen molar-refractivity contribution in [3.8, 4) is 0 Å². The van der Waals surface area contributed by atoms with Gasteiger partial charge < -0.3 is 10.2 Å². The van der Waals surface area contributed by atoms with E-state index in [1.54, 1.807) is 30.3 Å². The second-order valence-electron chi connectivity index (χ2n) is 4.83. The lowest BCUT2D eigenvalue weighted by Gasteiger charge is -2.35. The Hall–Kier alpha value is -1.83. The Bertz CT molecular complexity index is 498. The van der Waals surface area contributed by atoms with Crippen LogP contribution in [0.2, 0.25) is 0 Å². The van der Waals surface area contributed by atoms with Crippen LogP contribution in [0, 0.1) is 0 Å². The second kappa shape index (κ2) is 6.30. The molecule has 2 heterocycles. The molecule has 0 unspecified atom stereocenters. The van der Waals surface area contributed by atoms with Crippen LogP contribution < -0.4 is 5.32 Å². The number of pyridine rings is 1. The molecule has 1 aliphatic heterocycles. The summed E-state index contributed by atoms with van der Waals surface area (Å²) in [4.78, 5) is 19.3. The van der Waals surface area contributed by atoms with Crippen LogP contribution in [0.4, 0.5) is 19.0 Å². The van der Waals surface area contributed by atoms with Crippen LogP contribution in [0.15, 0.2) is 18.3 Å². The first kappa shape index (κ1) is 15.6.